The number of ether oxygens (including phenoxy) is 2. The van der Waals surface area contributed by atoms with E-state index in [0.29, 0.717) is 27.9 Å². The first-order valence-electron chi connectivity index (χ1n) is 6.80. The second kappa shape index (κ2) is 6.13. The number of fused-ring (bicyclic) bond motifs is 1. The van der Waals surface area contributed by atoms with Crippen molar-refractivity contribution >= 4 is 38.3 Å². The van der Waals surface area contributed by atoms with Crippen LogP contribution in [0.25, 0.3) is 10.2 Å². The average Bonchev–Trinajstić information content (AvgIpc) is 2.93. The van der Waals surface area contributed by atoms with Gasteiger partial charge in [0.05, 0.1) is 24.4 Å². The zero-order valence-corrected chi connectivity index (χ0v) is 13.4. The van der Waals surface area contributed by atoms with Crippen LogP contribution in [0, 0.1) is 0 Å². The van der Waals surface area contributed by atoms with Crippen LogP contribution in [0.1, 0.15) is 10.4 Å². The number of nitrogens with two attached hydrogens (primary N) is 1. The number of benzene rings is 2. The third-order valence-corrected chi connectivity index (χ3v) is 4.16. The maximum absolute atomic E-state index is 12.4. The zero-order valence-electron chi connectivity index (χ0n) is 12.6. The summed E-state index contributed by atoms with van der Waals surface area (Å²) in [5.41, 5.74) is 7.66. The molecule has 0 spiro atoms. The highest BCUT2D eigenvalue weighted by Crippen LogP contribution is 2.29. The number of aromatic nitrogens is 1. The first-order valence-corrected chi connectivity index (χ1v) is 7.62. The van der Waals surface area contributed by atoms with Crippen LogP contribution in [0.4, 0.5) is 10.8 Å². The molecule has 0 radical (unpaired) electrons. The number of thiazole rings is 1. The topological polar surface area (TPSA) is 86.5 Å². The average molecular weight is 329 g/mol. The SMILES string of the molecule is COc1ccc(C(=O)Nc2ccc3nc(N)sc3c2)cc1OC. The van der Waals surface area contributed by atoms with Crippen LogP contribution < -0.4 is 20.5 Å². The number of anilines is 2. The largest absolute Gasteiger partial charge is 0.493 e. The quantitative estimate of drug-likeness (QED) is 0.768. The highest BCUT2D eigenvalue weighted by atomic mass is 32.1. The van der Waals surface area contributed by atoms with Gasteiger partial charge < -0.3 is 20.5 Å². The fourth-order valence-electron chi connectivity index (χ4n) is 2.20. The first kappa shape index (κ1) is 15.1. The van der Waals surface area contributed by atoms with Gasteiger partial charge in [0.2, 0.25) is 0 Å². The van der Waals surface area contributed by atoms with Crippen molar-refractivity contribution in [1.29, 1.82) is 0 Å². The molecule has 0 saturated heterocycles. The molecule has 3 rings (SSSR count). The van der Waals surface area contributed by atoms with Crippen LogP contribution in [-0.2, 0) is 0 Å². The van der Waals surface area contributed by atoms with E-state index in [1.807, 2.05) is 12.1 Å². The van der Waals surface area contributed by atoms with Gasteiger partial charge in [0.25, 0.3) is 5.91 Å². The molecule has 7 heteroatoms. The standard InChI is InChI=1S/C16H15N3O3S/c1-21-12-6-3-9(7-13(12)22-2)15(20)18-10-4-5-11-14(8-10)23-16(17)19-11/h3-8H,1-2H3,(H2,17,19)(H,18,20). The van der Waals surface area contributed by atoms with Crippen LogP contribution in [-0.4, -0.2) is 25.1 Å². The number of nitrogens with zero attached hydrogens (tertiary/aromatic N) is 1. The second-order valence-electron chi connectivity index (χ2n) is 4.76. The van der Waals surface area contributed by atoms with Crippen LogP contribution >= 0.6 is 11.3 Å². The molecule has 6 nitrogen and oxygen atoms in total. The fraction of sp³-hybridized carbons (Fsp3) is 0.125. The highest BCUT2D eigenvalue weighted by molar-refractivity contribution is 7.22. The number of nitrogen functional groups attached to an aromatic ring is 1. The smallest absolute Gasteiger partial charge is 0.255 e. The molecule has 3 aromatic rings. The number of hydrogen-bond acceptors (Lipinski definition) is 6. The Morgan fingerprint density at radius 3 is 2.65 bits per heavy atom. The van der Waals surface area contributed by atoms with Crippen molar-refractivity contribution in [2.75, 3.05) is 25.3 Å². The normalized spacial score (nSPS) is 10.5. The van der Waals surface area contributed by atoms with Gasteiger partial charge in [-0.1, -0.05) is 11.3 Å². The summed E-state index contributed by atoms with van der Waals surface area (Å²) in [6, 6.07) is 10.5. The Hall–Kier alpha value is -2.80. The summed E-state index contributed by atoms with van der Waals surface area (Å²) < 4.78 is 11.3. The Morgan fingerprint density at radius 1 is 1.13 bits per heavy atom. The van der Waals surface area contributed by atoms with E-state index in [9.17, 15) is 4.79 Å². The number of methoxy groups -OCH3 is 2. The van der Waals surface area contributed by atoms with Gasteiger partial charge in [0, 0.05) is 11.3 Å². The number of rotatable bonds is 4. The minimum absolute atomic E-state index is 0.234. The molecule has 0 atom stereocenters. The number of carbonyl (C=O) groups is 1. The molecule has 0 aliphatic heterocycles. The lowest BCUT2D eigenvalue weighted by molar-refractivity contribution is 0.102. The van der Waals surface area contributed by atoms with Crippen LogP contribution in [0.2, 0.25) is 0 Å². The Balaban J connectivity index is 1.85. The molecule has 0 saturated carbocycles. The van der Waals surface area contributed by atoms with Gasteiger partial charge in [-0.2, -0.15) is 0 Å². The molecule has 1 heterocycles. The Labute approximate surface area is 136 Å². The maximum atomic E-state index is 12.4. The van der Waals surface area contributed by atoms with Crippen molar-refractivity contribution in [3.05, 3.63) is 42.0 Å². The molecule has 1 amide bonds. The Morgan fingerprint density at radius 2 is 1.91 bits per heavy atom. The maximum Gasteiger partial charge on any atom is 0.255 e. The minimum atomic E-state index is -0.234. The van der Waals surface area contributed by atoms with Gasteiger partial charge in [0.15, 0.2) is 16.6 Å². The minimum Gasteiger partial charge on any atom is -0.493 e. The predicted molar refractivity (Wildman–Crippen MR) is 91.5 cm³/mol. The van der Waals surface area contributed by atoms with E-state index >= 15 is 0 Å². The van der Waals surface area contributed by atoms with E-state index in [4.69, 9.17) is 15.2 Å². The van der Waals surface area contributed by atoms with Crippen molar-refractivity contribution < 1.29 is 14.3 Å². The van der Waals surface area contributed by atoms with Crippen molar-refractivity contribution in [3.8, 4) is 11.5 Å². The van der Waals surface area contributed by atoms with Crippen molar-refractivity contribution in [2.24, 2.45) is 0 Å². The number of nitrogens with one attached hydrogen (secondary N) is 1. The van der Waals surface area contributed by atoms with Gasteiger partial charge in [-0.25, -0.2) is 4.98 Å². The first-order chi connectivity index (χ1) is 11.1. The molecule has 23 heavy (non-hydrogen) atoms. The molecular formula is C16H15N3O3S. The predicted octanol–water partition coefficient (Wildman–Crippen LogP) is 3.15. The molecule has 0 bridgehead atoms. The number of carbonyl (C=O) groups excluding carboxylic acids is 1. The summed E-state index contributed by atoms with van der Waals surface area (Å²) in [5, 5.41) is 3.35. The zero-order chi connectivity index (χ0) is 16.4. The van der Waals surface area contributed by atoms with Crippen molar-refractivity contribution in [1.82, 2.24) is 4.98 Å². The third-order valence-electron chi connectivity index (χ3n) is 3.31. The van der Waals surface area contributed by atoms with E-state index in [1.54, 1.807) is 31.4 Å². The molecule has 0 fully saturated rings. The lowest BCUT2D eigenvalue weighted by Gasteiger charge is -2.10. The molecule has 1 aromatic heterocycles. The number of hydrogen-bond donors (Lipinski definition) is 2. The second-order valence-corrected chi connectivity index (χ2v) is 5.82. The van der Waals surface area contributed by atoms with Gasteiger partial charge >= 0.3 is 0 Å². The van der Waals surface area contributed by atoms with Crippen LogP contribution in [0.3, 0.4) is 0 Å². The summed E-state index contributed by atoms with van der Waals surface area (Å²) >= 11 is 1.38. The van der Waals surface area contributed by atoms with E-state index in [2.05, 4.69) is 10.3 Å². The lowest BCUT2D eigenvalue weighted by atomic mass is 10.2. The van der Waals surface area contributed by atoms with E-state index in [-0.39, 0.29) is 5.91 Å². The molecular weight excluding hydrogens is 314 g/mol. The molecule has 2 aromatic carbocycles. The van der Waals surface area contributed by atoms with E-state index in [1.165, 1.54) is 18.4 Å². The summed E-state index contributed by atoms with van der Waals surface area (Å²) in [5.74, 6) is 0.847. The van der Waals surface area contributed by atoms with E-state index < -0.39 is 0 Å². The third kappa shape index (κ3) is 3.04. The summed E-state index contributed by atoms with van der Waals surface area (Å²) in [6.45, 7) is 0. The molecule has 0 aliphatic rings. The summed E-state index contributed by atoms with van der Waals surface area (Å²) in [4.78, 5) is 16.6. The van der Waals surface area contributed by atoms with Crippen molar-refractivity contribution in [2.45, 2.75) is 0 Å². The highest BCUT2D eigenvalue weighted by Gasteiger charge is 2.11. The monoisotopic (exact) mass is 329 g/mol. The Kier molecular flexibility index (Phi) is 4.03. The molecule has 3 N–H and O–H groups in total. The van der Waals surface area contributed by atoms with Gasteiger partial charge in [-0.05, 0) is 36.4 Å². The summed E-state index contributed by atoms with van der Waals surface area (Å²) in [6.07, 6.45) is 0. The van der Waals surface area contributed by atoms with E-state index in [0.717, 1.165) is 10.2 Å². The Bertz CT molecular complexity index is 876. The summed E-state index contributed by atoms with van der Waals surface area (Å²) in [7, 11) is 3.08. The number of amides is 1. The molecule has 0 unspecified atom stereocenters. The molecule has 118 valence electrons. The lowest BCUT2D eigenvalue weighted by Crippen LogP contribution is -2.12. The van der Waals surface area contributed by atoms with Gasteiger partial charge in [-0.3, -0.25) is 4.79 Å². The molecule has 0 aliphatic carbocycles. The van der Waals surface area contributed by atoms with Crippen molar-refractivity contribution in [3.63, 3.8) is 0 Å². The van der Waals surface area contributed by atoms with Crippen LogP contribution in [0.5, 0.6) is 11.5 Å². The fourth-order valence-corrected chi connectivity index (χ4v) is 2.97. The van der Waals surface area contributed by atoms with Gasteiger partial charge in [0.1, 0.15) is 0 Å². The van der Waals surface area contributed by atoms with Crippen LogP contribution in [0.15, 0.2) is 36.4 Å². The van der Waals surface area contributed by atoms with Gasteiger partial charge in [-0.15, -0.1) is 0 Å².